The van der Waals surface area contributed by atoms with Crippen molar-refractivity contribution in [3.8, 4) is 0 Å². The number of nitrogens with zero attached hydrogens (tertiary/aromatic N) is 3. The number of aliphatic hydroxyl groups excluding tert-OH is 1. The minimum Gasteiger partial charge on any atom is -0.391 e. The van der Waals surface area contributed by atoms with Gasteiger partial charge in [0.05, 0.1) is 12.2 Å². The molecule has 1 saturated heterocycles. The van der Waals surface area contributed by atoms with Gasteiger partial charge >= 0.3 is 0 Å². The number of amides is 1. The largest absolute Gasteiger partial charge is 0.391 e. The molecule has 1 aromatic rings. The van der Waals surface area contributed by atoms with E-state index in [1.54, 1.807) is 0 Å². The molecular formula is C13H19ClN4O2. The zero-order valence-electron chi connectivity index (χ0n) is 11.5. The predicted octanol–water partition coefficient (Wildman–Crippen LogP) is 0.975. The first-order valence-electron chi connectivity index (χ1n) is 6.71. The molecule has 0 bridgehead atoms. The first kappa shape index (κ1) is 15.0. The monoisotopic (exact) mass is 298 g/mol. The highest BCUT2D eigenvalue weighted by molar-refractivity contribution is 6.30. The SMILES string of the molecule is CC(=O)NCC1CCN(c2ncnc(Cl)c2CO)CC1. The summed E-state index contributed by atoms with van der Waals surface area (Å²) in [6, 6.07) is 0. The van der Waals surface area contributed by atoms with Crippen molar-refractivity contribution in [2.24, 2.45) is 5.92 Å². The average Bonchev–Trinajstić information content (AvgIpc) is 2.45. The van der Waals surface area contributed by atoms with E-state index in [0.717, 1.165) is 32.5 Å². The molecule has 0 saturated carbocycles. The number of anilines is 1. The summed E-state index contributed by atoms with van der Waals surface area (Å²) in [5.74, 6) is 1.22. The van der Waals surface area contributed by atoms with Gasteiger partial charge in [0, 0.05) is 26.6 Å². The highest BCUT2D eigenvalue weighted by atomic mass is 35.5. The van der Waals surface area contributed by atoms with Gasteiger partial charge in [-0.25, -0.2) is 9.97 Å². The van der Waals surface area contributed by atoms with Gasteiger partial charge in [-0.3, -0.25) is 4.79 Å². The molecular weight excluding hydrogens is 280 g/mol. The van der Waals surface area contributed by atoms with E-state index in [2.05, 4.69) is 20.2 Å². The van der Waals surface area contributed by atoms with Crippen LogP contribution in [0.1, 0.15) is 25.3 Å². The van der Waals surface area contributed by atoms with E-state index < -0.39 is 0 Å². The molecule has 6 nitrogen and oxygen atoms in total. The number of carbonyl (C=O) groups excluding carboxylic acids is 1. The molecule has 0 aliphatic carbocycles. The van der Waals surface area contributed by atoms with E-state index in [1.165, 1.54) is 13.3 Å². The highest BCUT2D eigenvalue weighted by Gasteiger charge is 2.23. The molecule has 1 aromatic heterocycles. The topological polar surface area (TPSA) is 78.4 Å². The molecule has 2 heterocycles. The molecule has 0 spiro atoms. The molecule has 7 heteroatoms. The Morgan fingerprint density at radius 2 is 2.20 bits per heavy atom. The number of halogens is 1. The van der Waals surface area contributed by atoms with Crippen LogP contribution in [0.5, 0.6) is 0 Å². The van der Waals surface area contributed by atoms with Crippen LogP contribution in [0.2, 0.25) is 5.15 Å². The fraction of sp³-hybridized carbons (Fsp3) is 0.615. The van der Waals surface area contributed by atoms with Crippen molar-refractivity contribution in [3.05, 3.63) is 17.0 Å². The van der Waals surface area contributed by atoms with Gasteiger partial charge < -0.3 is 15.3 Å². The molecule has 1 fully saturated rings. The van der Waals surface area contributed by atoms with E-state index in [4.69, 9.17) is 11.6 Å². The summed E-state index contributed by atoms with van der Waals surface area (Å²) >= 11 is 5.98. The first-order chi connectivity index (χ1) is 9.61. The lowest BCUT2D eigenvalue weighted by Gasteiger charge is -2.33. The lowest BCUT2D eigenvalue weighted by molar-refractivity contribution is -0.119. The van der Waals surface area contributed by atoms with Crippen LogP contribution < -0.4 is 10.2 Å². The van der Waals surface area contributed by atoms with Crippen molar-refractivity contribution < 1.29 is 9.90 Å². The summed E-state index contributed by atoms with van der Waals surface area (Å²) in [7, 11) is 0. The van der Waals surface area contributed by atoms with Gasteiger partial charge in [-0.15, -0.1) is 0 Å². The van der Waals surface area contributed by atoms with Gasteiger partial charge in [0.15, 0.2) is 0 Å². The quantitative estimate of drug-likeness (QED) is 0.810. The highest BCUT2D eigenvalue weighted by Crippen LogP contribution is 2.27. The summed E-state index contributed by atoms with van der Waals surface area (Å²) in [6.45, 7) is 3.77. The lowest BCUT2D eigenvalue weighted by atomic mass is 9.96. The van der Waals surface area contributed by atoms with Crippen molar-refractivity contribution in [1.82, 2.24) is 15.3 Å². The first-order valence-corrected chi connectivity index (χ1v) is 7.09. The van der Waals surface area contributed by atoms with Gasteiger partial charge in [-0.05, 0) is 18.8 Å². The second kappa shape index (κ2) is 6.85. The van der Waals surface area contributed by atoms with E-state index >= 15 is 0 Å². The molecule has 110 valence electrons. The summed E-state index contributed by atoms with van der Waals surface area (Å²) < 4.78 is 0. The average molecular weight is 299 g/mol. The zero-order chi connectivity index (χ0) is 14.5. The van der Waals surface area contributed by atoms with E-state index in [0.29, 0.717) is 22.5 Å². The number of hydrogen-bond acceptors (Lipinski definition) is 5. The number of nitrogens with one attached hydrogen (secondary N) is 1. The van der Waals surface area contributed by atoms with Gasteiger partial charge in [0.2, 0.25) is 5.91 Å². The smallest absolute Gasteiger partial charge is 0.216 e. The Hall–Kier alpha value is -1.40. The lowest BCUT2D eigenvalue weighted by Crippen LogP contribution is -2.39. The van der Waals surface area contributed by atoms with Gasteiger partial charge in [-0.2, -0.15) is 0 Å². The van der Waals surface area contributed by atoms with Crippen LogP contribution in [0.15, 0.2) is 6.33 Å². The Labute approximate surface area is 123 Å². The van der Waals surface area contributed by atoms with Crippen LogP contribution >= 0.6 is 11.6 Å². The maximum absolute atomic E-state index is 10.9. The summed E-state index contributed by atoms with van der Waals surface area (Å²) in [4.78, 5) is 21.2. The van der Waals surface area contributed by atoms with Crippen LogP contribution in [0.4, 0.5) is 5.82 Å². The third kappa shape index (κ3) is 3.58. The normalized spacial score (nSPS) is 16.2. The Kier molecular flexibility index (Phi) is 5.14. The van der Waals surface area contributed by atoms with Crippen molar-refractivity contribution in [3.63, 3.8) is 0 Å². The molecule has 0 atom stereocenters. The summed E-state index contributed by atoms with van der Waals surface area (Å²) in [5.41, 5.74) is 0.578. The number of aromatic nitrogens is 2. The molecule has 0 unspecified atom stereocenters. The minimum atomic E-state index is -0.166. The summed E-state index contributed by atoms with van der Waals surface area (Å²) in [5, 5.41) is 12.5. The maximum atomic E-state index is 10.9. The van der Waals surface area contributed by atoms with Crippen molar-refractivity contribution in [1.29, 1.82) is 0 Å². The van der Waals surface area contributed by atoms with Gasteiger partial charge in [-0.1, -0.05) is 11.6 Å². The van der Waals surface area contributed by atoms with Crippen molar-refractivity contribution in [2.45, 2.75) is 26.4 Å². The molecule has 1 aliphatic heterocycles. The van der Waals surface area contributed by atoms with Crippen molar-refractivity contribution in [2.75, 3.05) is 24.5 Å². The number of aliphatic hydroxyl groups is 1. The van der Waals surface area contributed by atoms with Crippen LogP contribution in [-0.4, -0.2) is 40.6 Å². The molecule has 0 radical (unpaired) electrons. The second-order valence-corrected chi connectivity index (χ2v) is 5.35. The summed E-state index contributed by atoms with van der Waals surface area (Å²) in [6.07, 6.45) is 3.37. The van der Waals surface area contributed by atoms with E-state index in [1.807, 2.05) is 0 Å². The Morgan fingerprint density at radius 1 is 1.50 bits per heavy atom. The fourth-order valence-corrected chi connectivity index (χ4v) is 2.62. The maximum Gasteiger partial charge on any atom is 0.216 e. The van der Waals surface area contributed by atoms with Crippen LogP contribution in [0, 0.1) is 5.92 Å². The molecule has 20 heavy (non-hydrogen) atoms. The van der Waals surface area contributed by atoms with E-state index in [-0.39, 0.29) is 12.5 Å². The zero-order valence-corrected chi connectivity index (χ0v) is 12.2. The predicted molar refractivity (Wildman–Crippen MR) is 76.6 cm³/mol. The van der Waals surface area contributed by atoms with Crippen LogP contribution in [0.25, 0.3) is 0 Å². The number of hydrogen-bond donors (Lipinski definition) is 2. The Balaban J connectivity index is 1.97. The third-order valence-corrected chi connectivity index (χ3v) is 3.91. The second-order valence-electron chi connectivity index (χ2n) is 4.99. The molecule has 1 aliphatic rings. The van der Waals surface area contributed by atoms with Crippen LogP contribution in [0.3, 0.4) is 0 Å². The van der Waals surface area contributed by atoms with E-state index in [9.17, 15) is 9.90 Å². The molecule has 2 rings (SSSR count). The van der Waals surface area contributed by atoms with Crippen LogP contribution in [-0.2, 0) is 11.4 Å². The molecule has 0 aromatic carbocycles. The Morgan fingerprint density at radius 3 is 2.80 bits per heavy atom. The van der Waals surface area contributed by atoms with Gasteiger partial charge in [0.1, 0.15) is 17.3 Å². The molecule has 2 N–H and O–H groups in total. The standard InChI is InChI=1S/C13H19ClN4O2/c1-9(20)15-6-10-2-4-18(5-3-10)13-11(7-19)12(14)16-8-17-13/h8,10,19H,2-7H2,1H3,(H,15,20). The van der Waals surface area contributed by atoms with Gasteiger partial charge in [0.25, 0.3) is 0 Å². The number of piperidine rings is 1. The minimum absolute atomic E-state index is 0.0116. The number of carbonyl (C=O) groups is 1. The number of rotatable bonds is 4. The third-order valence-electron chi connectivity index (χ3n) is 3.58. The van der Waals surface area contributed by atoms with Crippen molar-refractivity contribution >= 4 is 23.3 Å². The Bertz CT molecular complexity index is 475. The molecule has 1 amide bonds. The fourth-order valence-electron chi connectivity index (χ4n) is 2.43.